The van der Waals surface area contributed by atoms with E-state index in [0.717, 1.165) is 13.1 Å². The number of hydrogen-bond donors (Lipinski definition) is 1. The van der Waals surface area contributed by atoms with E-state index in [1.54, 1.807) is 0 Å². The highest BCUT2D eigenvalue weighted by atomic mass is 15.1. The molecule has 0 aromatic heterocycles. The monoisotopic (exact) mass is 260 g/mol. The summed E-state index contributed by atoms with van der Waals surface area (Å²) in [4.78, 5) is 2.53. The Kier molecular flexibility index (Phi) is 4.87. The third-order valence-electron chi connectivity index (χ3n) is 3.82. The topological polar surface area (TPSA) is 15.3 Å². The summed E-state index contributed by atoms with van der Waals surface area (Å²) in [5.74, 6) is 0. The highest BCUT2D eigenvalue weighted by molar-refractivity contribution is 5.57. The first-order chi connectivity index (χ1) is 9.06. The average Bonchev–Trinajstić information content (AvgIpc) is 2.76. The molecule has 0 amide bonds. The maximum Gasteiger partial charge on any atom is 0.0399 e. The van der Waals surface area contributed by atoms with Gasteiger partial charge in [-0.1, -0.05) is 39.0 Å². The molecule has 0 saturated heterocycles. The molecule has 0 atom stereocenters. The van der Waals surface area contributed by atoms with Gasteiger partial charge in [0, 0.05) is 18.8 Å². The van der Waals surface area contributed by atoms with Gasteiger partial charge in [0.25, 0.3) is 0 Å². The van der Waals surface area contributed by atoms with Crippen molar-refractivity contribution in [1.82, 2.24) is 5.32 Å². The van der Waals surface area contributed by atoms with Crippen LogP contribution in [-0.2, 0) is 6.42 Å². The van der Waals surface area contributed by atoms with Gasteiger partial charge in [-0.05, 0) is 49.4 Å². The zero-order valence-electron chi connectivity index (χ0n) is 12.7. The molecule has 19 heavy (non-hydrogen) atoms. The van der Waals surface area contributed by atoms with Crippen LogP contribution in [0.25, 0.3) is 0 Å². The molecular weight excluding hydrogens is 232 g/mol. The summed E-state index contributed by atoms with van der Waals surface area (Å²) in [6.45, 7) is 11.6. The molecule has 106 valence electrons. The Morgan fingerprint density at radius 3 is 2.74 bits per heavy atom. The van der Waals surface area contributed by atoms with Crippen LogP contribution in [0.2, 0.25) is 0 Å². The highest BCUT2D eigenvalue weighted by Gasteiger charge is 2.17. The molecule has 0 radical (unpaired) electrons. The fourth-order valence-electron chi connectivity index (χ4n) is 2.62. The van der Waals surface area contributed by atoms with Crippen molar-refractivity contribution in [2.24, 2.45) is 5.41 Å². The first kappa shape index (κ1) is 14.4. The van der Waals surface area contributed by atoms with Crippen LogP contribution in [0.3, 0.4) is 0 Å². The molecule has 0 fully saturated rings. The van der Waals surface area contributed by atoms with E-state index in [-0.39, 0.29) is 0 Å². The van der Waals surface area contributed by atoms with Gasteiger partial charge in [0.1, 0.15) is 0 Å². The van der Waals surface area contributed by atoms with Crippen LogP contribution in [0, 0.1) is 5.41 Å². The largest absolute Gasteiger partial charge is 0.371 e. The van der Waals surface area contributed by atoms with Crippen molar-refractivity contribution in [2.75, 3.05) is 31.1 Å². The van der Waals surface area contributed by atoms with E-state index >= 15 is 0 Å². The second kappa shape index (κ2) is 6.42. The summed E-state index contributed by atoms with van der Waals surface area (Å²) in [7, 11) is 0. The van der Waals surface area contributed by atoms with Gasteiger partial charge in [0.15, 0.2) is 0 Å². The molecule has 1 aliphatic heterocycles. The lowest BCUT2D eigenvalue weighted by Gasteiger charge is -2.20. The Bertz CT molecular complexity index is 392. The summed E-state index contributed by atoms with van der Waals surface area (Å²) in [5.41, 5.74) is 3.42. The summed E-state index contributed by atoms with van der Waals surface area (Å²) in [5, 5.41) is 3.56. The Balaban J connectivity index is 1.63. The minimum Gasteiger partial charge on any atom is -0.371 e. The molecule has 0 aliphatic carbocycles. The smallest absolute Gasteiger partial charge is 0.0399 e. The van der Waals surface area contributed by atoms with Crippen molar-refractivity contribution < 1.29 is 0 Å². The lowest BCUT2D eigenvalue weighted by atomic mass is 9.92. The molecule has 1 aromatic carbocycles. The normalized spacial score (nSPS) is 14.8. The van der Waals surface area contributed by atoms with Crippen LogP contribution < -0.4 is 10.2 Å². The van der Waals surface area contributed by atoms with Crippen LogP contribution in [0.4, 0.5) is 5.69 Å². The molecule has 1 N–H and O–H groups in total. The maximum absolute atomic E-state index is 3.56. The molecule has 2 nitrogen and oxygen atoms in total. The van der Waals surface area contributed by atoms with Gasteiger partial charge in [-0.2, -0.15) is 0 Å². The highest BCUT2D eigenvalue weighted by Crippen LogP contribution is 2.27. The van der Waals surface area contributed by atoms with Crippen LogP contribution in [-0.4, -0.2) is 26.2 Å². The van der Waals surface area contributed by atoms with Gasteiger partial charge >= 0.3 is 0 Å². The van der Waals surface area contributed by atoms with E-state index in [1.165, 1.54) is 43.6 Å². The third kappa shape index (κ3) is 4.54. The number of para-hydroxylation sites is 1. The van der Waals surface area contributed by atoms with Crippen molar-refractivity contribution in [3.63, 3.8) is 0 Å². The fourth-order valence-corrected chi connectivity index (χ4v) is 2.62. The van der Waals surface area contributed by atoms with Crippen LogP contribution >= 0.6 is 0 Å². The molecule has 1 aromatic rings. The SMILES string of the molecule is CC(C)(C)CCNCCCN1CCc2ccccc21. The predicted octanol–water partition coefficient (Wildman–Crippen LogP) is 3.47. The molecule has 2 rings (SSSR count). The molecule has 1 aliphatic rings. The van der Waals surface area contributed by atoms with E-state index < -0.39 is 0 Å². The van der Waals surface area contributed by atoms with Gasteiger partial charge in [-0.25, -0.2) is 0 Å². The molecule has 1 heterocycles. The first-order valence-corrected chi connectivity index (χ1v) is 7.60. The molecule has 0 saturated carbocycles. The third-order valence-corrected chi connectivity index (χ3v) is 3.82. The van der Waals surface area contributed by atoms with Crippen molar-refractivity contribution in [3.05, 3.63) is 29.8 Å². The van der Waals surface area contributed by atoms with Crippen LogP contribution in [0.1, 0.15) is 39.2 Å². The van der Waals surface area contributed by atoms with Crippen molar-refractivity contribution in [3.8, 4) is 0 Å². The molecule has 2 heteroatoms. The van der Waals surface area contributed by atoms with Gasteiger partial charge in [-0.3, -0.25) is 0 Å². The van der Waals surface area contributed by atoms with E-state index in [0.29, 0.717) is 5.41 Å². The van der Waals surface area contributed by atoms with Crippen LogP contribution in [0.15, 0.2) is 24.3 Å². The number of hydrogen-bond acceptors (Lipinski definition) is 2. The lowest BCUT2D eigenvalue weighted by molar-refractivity contribution is 0.367. The van der Waals surface area contributed by atoms with Crippen molar-refractivity contribution in [2.45, 2.75) is 40.0 Å². The number of rotatable bonds is 6. The van der Waals surface area contributed by atoms with E-state index in [9.17, 15) is 0 Å². The van der Waals surface area contributed by atoms with Gasteiger partial charge in [0.2, 0.25) is 0 Å². The molecular formula is C17H28N2. The van der Waals surface area contributed by atoms with E-state index in [4.69, 9.17) is 0 Å². The quantitative estimate of drug-likeness (QED) is 0.788. The van der Waals surface area contributed by atoms with E-state index in [1.807, 2.05) is 0 Å². The zero-order valence-corrected chi connectivity index (χ0v) is 12.7. The molecule has 0 bridgehead atoms. The summed E-state index contributed by atoms with van der Waals surface area (Å²) in [6.07, 6.45) is 3.70. The molecule has 0 unspecified atom stereocenters. The maximum atomic E-state index is 3.56. The fraction of sp³-hybridized carbons (Fsp3) is 0.647. The Morgan fingerprint density at radius 1 is 1.16 bits per heavy atom. The number of nitrogens with zero attached hydrogens (tertiary/aromatic N) is 1. The summed E-state index contributed by atoms with van der Waals surface area (Å²) in [6, 6.07) is 8.82. The minimum atomic E-state index is 0.445. The minimum absolute atomic E-state index is 0.445. The summed E-state index contributed by atoms with van der Waals surface area (Å²) < 4.78 is 0. The van der Waals surface area contributed by atoms with E-state index in [2.05, 4.69) is 55.3 Å². The summed E-state index contributed by atoms with van der Waals surface area (Å²) >= 11 is 0. The lowest BCUT2D eigenvalue weighted by Crippen LogP contribution is -2.27. The second-order valence-electron chi connectivity index (χ2n) is 6.78. The Hall–Kier alpha value is -1.02. The molecule has 0 spiro atoms. The zero-order chi connectivity index (χ0) is 13.7. The first-order valence-electron chi connectivity index (χ1n) is 7.60. The number of benzene rings is 1. The van der Waals surface area contributed by atoms with Gasteiger partial charge in [0.05, 0.1) is 0 Å². The van der Waals surface area contributed by atoms with Crippen molar-refractivity contribution in [1.29, 1.82) is 0 Å². The predicted molar refractivity (Wildman–Crippen MR) is 83.9 cm³/mol. The average molecular weight is 260 g/mol. The Labute approximate surface area is 118 Å². The Morgan fingerprint density at radius 2 is 1.95 bits per heavy atom. The van der Waals surface area contributed by atoms with Gasteiger partial charge in [-0.15, -0.1) is 0 Å². The second-order valence-corrected chi connectivity index (χ2v) is 6.78. The number of nitrogens with one attached hydrogen (secondary N) is 1. The van der Waals surface area contributed by atoms with Crippen LogP contribution in [0.5, 0.6) is 0 Å². The van der Waals surface area contributed by atoms with Crippen molar-refractivity contribution >= 4 is 5.69 Å². The number of anilines is 1. The van der Waals surface area contributed by atoms with Gasteiger partial charge < -0.3 is 10.2 Å². The number of fused-ring (bicyclic) bond motifs is 1. The standard InChI is InChI=1S/C17H28N2/c1-17(2,3)10-12-18-11-6-13-19-14-9-15-7-4-5-8-16(15)19/h4-5,7-8,18H,6,9-14H2,1-3H3.